The van der Waals surface area contributed by atoms with Crippen molar-refractivity contribution in [2.24, 2.45) is 5.92 Å². The van der Waals surface area contributed by atoms with Gasteiger partial charge in [0.2, 0.25) is 0 Å². The van der Waals surface area contributed by atoms with E-state index in [-0.39, 0.29) is 0 Å². The maximum Gasteiger partial charge on any atom is 0.0293 e. The second-order valence-electron chi connectivity index (χ2n) is 4.30. The van der Waals surface area contributed by atoms with Crippen molar-refractivity contribution >= 4 is 0 Å². The second kappa shape index (κ2) is 6.57. The number of hydrogen-bond acceptors (Lipinski definition) is 2. The van der Waals surface area contributed by atoms with E-state index in [0.717, 1.165) is 12.5 Å². The molecule has 0 saturated heterocycles. The van der Waals surface area contributed by atoms with Gasteiger partial charge in [0.15, 0.2) is 0 Å². The molecule has 0 saturated carbocycles. The van der Waals surface area contributed by atoms with Gasteiger partial charge in [-0.2, -0.15) is 0 Å². The Bertz CT molecular complexity index is 258. The van der Waals surface area contributed by atoms with Gasteiger partial charge in [-0.3, -0.25) is 4.98 Å². The van der Waals surface area contributed by atoms with Crippen LogP contribution in [0.25, 0.3) is 0 Å². The van der Waals surface area contributed by atoms with E-state index in [2.05, 4.69) is 43.2 Å². The molecule has 1 aromatic heterocycles. The fourth-order valence-corrected chi connectivity index (χ4v) is 1.74. The molecule has 0 aliphatic carbocycles. The SMILES string of the molecule is CCC[C@H](C)CN[C@@H](C)c1ccncc1. The third-order valence-electron chi connectivity index (χ3n) is 2.76. The summed E-state index contributed by atoms with van der Waals surface area (Å²) in [5.74, 6) is 0.763. The molecule has 0 spiro atoms. The summed E-state index contributed by atoms with van der Waals surface area (Å²) in [4.78, 5) is 4.02. The summed E-state index contributed by atoms with van der Waals surface area (Å²) < 4.78 is 0. The number of nitrogens with one attached hydrogen (secondary N) is 1. The zero-order chi connectivity index (χ0) is 11.1. The summed E-state index contributed by atoms with van der Waals surface area (Å²) >= 11 is 0. The lowest BCUT2D eigenvalue weighted by Gasteiger charge is -2.17. The monoisotopic (exact) mass is 206 g/mol. The molecule has 2 heteroatoms. The molecular formula is C13H22N2. The van der Waals surface area contributed by atoms with Gasteiger partial charge in [-0.05, 0) is 43.5 Å². The van der Waals surface area contributed by atoms with Crippen molar-refractivity contribution in [1.29, 1.82) is 0 Å². The lowest BCUT2D eigenvalue weighted by Crippen LogP contribution is -2.24. The van der Waals surface area contributed by atoms with Gasteiger partial charge in [0.05, 0.1) is 0 Å². The Hall–Kier alpha value is -0.890. The summed E-state index contributed by atoms with van der Waals surface area (Å²) in [5.41, 5.74) is 1.31. The molecule has 1 heterocycles. The number of rotatable bonds is 6. The number of pyridine rings is 1. The van der Waals surface area contributed by atoms with Gasteiger partial charge in [-0.1, -0.05) is 20.3 Å². The van der Waals surface area contributed by atoms with Crippen LogP contribution in [0, 0.1) is 5.92 Å². The zero-order valence-electron chi connectivity index (χ0n) is 10.0. The first kappa shape index (κ1) is 12.2. The van der Waals surface area contributed by atoms with Crippen molar-refractivity contribution in [3.8, 4) is 0 Å². The highest BCUT2D eigenvalue weighted by molar-refractivity contribution is 5.13. The van der Waals surface area contributed by atoms with Crippen molar-refractivity contribution in [1.82, 2.24) is 10.3 Å². The normalized spacial score (nSPS) is 14.9. The third-order valence-corrected chi connectivity index (χ3v) is 2.76. The van der Waals surface area contributed by atoms with Crippen LogP contribution in [0.4, 0.5) is 0 Å². The molecule has 0 aromatic carbocycles. The van der Waals surface area contributed by atoms with Crippen LogP contribution in [0.2, 0.25) is 0 Å². The van der Waals surface area contributed by atoms with Crippen LogP contribution in [0.3, 0.4) is 0 Å². The molecule has 0 unspecified atom stereocenters. The first-order valence-corrected chi connectivity index (χ1v) is 5.87. The highest BCUT2D eigenvalue weighted by atomic mass is 14.9. The fraction of sp³-hybridized carbons (Fsp3) is 0.615. The molecule has 0 aliphatic rings. The van der Waals surface area contributed by atoms with Crippen molar-refractivity contribution in [2.45, 2.75) is 39.7 Å². The van der Waals surface area contributed by atoms with Crippen molar-refractivity contribution in [3.05, 3.63) is 30.1 Å². The van der Waals surface area contributed by atoms with E-state index in [1.807, 2.05) is 12.4 Å². The molecule has 1 rings (SSSR count). The minimum Gasteiger partial charge on any atom is -0.310 e. The molecule has 1 aromatic rings. The molecule has 2 nitrogen and oxygen atoms in total. The summed E-state index contributed by atoms with van der Waals surface area (Å²) in [6.07, 6.45) is 6.27. The van der Waals surface area contributed by atoms with Crippen LogP contribution in [-0.2, 0) is 0 Å². The molecule has 84 valence electrons. The molecule has 0 fully saturated rings. The molecule has 0 radical (unpaired) electrons. The van der Waals surface area contributed by atoms with Crippen molar-refractivity contribution in [3.63, 3.8) is 0 Å². The van der Waals surface area contributed by atoms with Crippen LogP contribution < -0.4 is 5.32 Å². The van der Waals surface area contributed by atoms with Crippen LogP contribution >= 0.6 is 0 Å². The van der Waals surface area contributed by atoms with Gasteiger partial charge in [-0.25, -0.2) is 0 Å². The Morgan fingerprint density at radius 1 is 1.27 bits per heavy atom. The van der Waals surface area contributed by atoms with E-state index < -0.39 is 0 Å². The van der Waals surface area contributed by atoms with Crippen LogP contribution in [0.1, 0.15) is 45.2 Å². The van der Waals surface area contributed by atoms with Crippen LogP contribution in [0.5, 0.6) is 0 Å². The zero-order valence-corrected chi connectivity index (χ0v) is 10.0. The summed E-state index contributed by atoms with van der Waals surface area (Å²) in [7, 11) is 0. The molecule has 0 aliphatic heterocycles. The first-order chi connectivity index (χ1) is 7.24. The maximum absolute atomic E-state index is 4.02. The Balaban J connectivity index is 2.33. The van der Waals surface area contributed by atoms with Crippen molar-refractivity contribution < 1.29 is 0 Å². The quantitative estimate of drug-likeness (QED) is 0.773. The highest BCUT2D eigenvalue weighted by Gasteiger charge is 2.06. The summed E-state index contributed by atoms with van der Waals surface area (Å²) in [6, 6.07) is 4.57. The maximum atomic E-state index is 4.02. The lowest BCUT2D eigenvalue weighted by molar-refractivity contribution is 0.444. The van der Waals surface area contributed by atoms with Crippen LogP contribution in [0.15, 0.2) is 24.5 Å². The largest absolute Gasteiger partial charge is 0.310 e. The van der Waals surface area contributed by atoms with E-state index in [0.29, 0.717) is 6.04 Å². The summed E-state index contributed by atoms with van der Waals surface area (Å²) in [5, 5.41) is 3.56. The Morgan fingerprint density at radius 3 is 2.53 bits per heavy atom. The Morgan fingerprint density at radius 2 is 1.93 bits per heavy atom. The topological polar surface area (TPSA) is 24.9 Å². The Kier molecular flexibility index (Phi) is 5.33. The summed E-state index contributed by atoms with van der Waals surface area (Å²) in [6.45, 7) is 7.84. The molecule has 0 amide bonds. The molecular weight excluding hydrogens is 184 g/mol. The molecule has 1 N–H and O–H groups in total. The van der Waals surface area contributed by atoms with Gasteiger partial charge in [0, 0.05) is 18.4 Å². The Labute approximate surface area is 93.1 Å². The van der Waals surface area contributed by atoms with Gasteiger partial charge >= 0.3 is 0 Å². The highest BCUT2D eigenvalue weighted by Crippen LogP contribution is 2.11. The molecule has 15 heavy (non-hydrogen) atoms. The minimum atomic E-state index is 0.423. The molecule has 2 atom stereocenters. The second-order valence-corrected chi connectivity index (χ2v) is 4.30. The average molecular weight is 206 g/mol. The fourth-order valence-electron chi connectivity index (χ4n) is 1.74. The number of aromatic nitrogens is 1. The number of hydrogen-bond donors (Lipinski definition) is 1. The standard InChI is InChI=1S/C13H22N2/c1-4-5-11(2)10-15-12(3)13-6-8-14-9-7-13/h6-9,11-12,15H,4-5,10H2,1-3H3/t11-,12-/m0/s1. The van der Waals surface area contributed by atoms with Gasteiger partial charge < -0.3 is 5.32 Å². The lowest BCUT2D eigenvalue weighted by atomic mass is 10.0. The van der Waals surface area contributed by atoms with Gasteiger partial charge in [0.1, 0.15) is 0 Å². The van der Waals surface area contributed by atoms with Gasteiger partial charge in [-0.15, -0.1) is 0 Å². The predicted octanol–water partition coefficient (Wildman–Crippen LogP) is 3.17. The third kappa shape index (κ3) is 4.43. The van der Waals surface area contributed by atoms with Crippen molar-refractivity contribution in [2.75, 3.05) is 6.54 Å². The van der Waals surface area contributed by atoms with E-state index in [9.17, 15) is 0 Å². The molecule has 0 bridgehead atoms. The minimum absolute atomic E-state index is 0.423. The predicted molar refractivity (Wildman–Crippen MR) is 64.7 cm³/mol. The average Bonchev–Trinajstić information content (AvgIpc) is 2.27. The van der Waals surface area contributed by atoms with E-state index >= 15 is 0 Å². The van der Waals surface area contributed by atoms with E-state index in [4.69, 9.17) is 0 Å². The van der Waals surface area contributed by atoms with E-state index in [1.54, 1.807) is 0 Å². The van der Waals surface area contributed by atoms with Gasteiger partial charge in [0.25, 0.3) is 0 Å². The van der Waals surface area contributed by atoms with E-state index in [1.165, 1.54) is 18.4 Å². The number of nitrogens with zero attached hydrogens (tertiary/aromatic N) is 1. The van der Waals surface area contributed by atoms with Crippen LogP contribution in [-0.4, -0.2) is 11.5 Å². The first-order valence-electron chi connectivity index (χ1n) is 5.87. The smallest absolute Gasteiger partial charge is 0.0293 e.